The molecule has 1 saturated heterocycles. The van der Waals surface area contributed by atoms with Crippen molar-refractivity contribution in [2.24, 2.45) is 0 Å². The number of hydrogen-bond acceptors (Lipinski definition) is 6. The first kappa shape index (κ1) is 24.5. The number of nitrogens with zero attached hydrogens (tertiary/aromatic N) is 3. The van der Waals surface area contributed by atoms with Crippen LogP contribution in [0.25, 0.3) is 5.76 Å². The zero-order chi connectivity index (χ0) is 25.3. The lowest BCUT2D eigenvalue weighted by atomic mass is 9.82. The number of carbonyl (C=O) groups excluding carboxylic acids is 3. The molecule has 2 aliphatic rings. The van der Waals surface area contributed by atoms with E-state index in [1.54, 1.807) is 41.3 Å². The zero-order valence-corrected chi connectivity index (χ0v) is 20.6. The summed E-state index contributed by atoms with van der Waals surface area (Å²) in [6, 6.07) is 13.7. The molecule has 1 unspecified atom stereocenters. The topological polar surface area (TPSA) is 90.4 Å². The third kappa shape index (κ3) is 3.78. The van der Waals surface area contributed by atoms with E-state index in [9.17, 15) is 19.5 Å². The Kier molecular flexibility index (Phi) is 6.67. The number of para-hydroxylation sites is 1. The summed E-state index contributed by atoms with van der Waals surface area (Å²) < 4.78 is 5.20. The number of hydrogen-bond donors (Lipinski definition) is 1. The minimum absolute atomic E-state index is 0.187. The van der Waals surface area contributed by atoms with Crippen molar-refractivity contribution in [2.45, 2.75) is 25.3 Å². The van der Waals surface area contributed by atoms with Gasteiger partial charge in [-0.15, -0.1) is 0 Å². The molecule has 2 heterocycles. The molecule has 0 radical (unpaired) electrons. The molecule has 4 rings (SSSR count). The highest BCUT2D eigenvalue weighted by atomic mass is 16.5. The monoisotopic (exact) mass is 477 g/mol. The van der Waals surface area contributed by atoms with Crippen LogP contribution in [0.2, 0.25) is 0 Å². The van der Waals surface area contributed by atoms with Crippen LogP contribution in [0.3, 0.4) is 0 Å². The average Bonchev–Trinajstić information content (AvgIpc) is 3.23. The quantitative estimate of drug-likeness (QED) is 0.357. The fourth-order valence-electron chi connectivity index (χ4n) is 5.05. The van der Waals surface area contributed by atoms with Gasteiger partial charge in [-0.05, 0) is 63.8 Å². The smallest absolute Gasteiger partial charge is 0.296 e. The molecule has 8 nitrogen and oxygen atoms in total. The summed E-state index contributed by atoms with van der Waals surface area (Å²) in [6.07, 6.45) is 1.26. The van der Waals surface area contributed by atoms with Gasteiger partial charge in [0.05, 0.1) is 18.4 Å². The summed E-state index contributed by atoms with van der Waals surface area (Å²) in [4.78, 5) is 46.2. The van der Waals surface area contributed by atoms with E-state index in [0.29, 0.717) is 48.5 Å². The Morgan fingerprint density at radius 1 is 1.03 bits per heavy atom. The first-order valence-electron chi connectivity index (χ1n) is 11.8. The number of ether oxygens (including phenoxy) is 1. The highest BCUT2D eigenvalue weighted by Crippen LogP contribution is 2.53. The van der Waals surface area contributed by atoms with Gasteiger partial charge in [0, 0.05) is 24.2 Å². The van der Waals surface area contributed by atoms with Crippen molar-refractivity contribution in [1.29, 1.82) is 0 Å². The molecule has 1 spiro atoms. The second-order valence-corrected chi connectivity index (χ2v) is 9.08. The zero-order valence-electron chi connectivity index (χ0n) is 20.6. The number of likely N-dealkylation sites (tertiary alicyclic amines) is 1. The van der Waals surface area contributed by atoms with E-state index >= 15 is 0 Å². The lowest BCUT2D eigenvalue weighted by Gasteiger charge is -2.34. The second kappa shape index (κ2) is 9.54. The fourth-order valence-corrected chi connectivity index (χ4v) is 5.05. The van der Waals surface area contributed by atoms with Crippen molar-refractivity contribution in [3.63, 3.8) is 0 Å². The molecule has 184 valence electrons. The molecule has 0 saturated carbocycles. The van der Waals surface area contributed by atoms with Crippen molar-refractivity contribution in [2.75, 3.05) is 45.7 Å². The summed E-state index contributed by atoms with van der Waals surface area (Å²) >= 11 is 0. The molecule has 2 aromatic rings. The van der Waals surface area contributed by atoms with Crippen LogP contribution >= 0.6 is 0 Å². The normalized spacial score (nSPS) is 20.9. The van der Waals surface area contributed by atoms with Crippen molar-refractivity contribution in [3.8, 4) is 5.75 Å². The molecular weight excluding hydrogens is 446 g/mol. The third-order valence-electron chi connectivity index (χ3n) is 6.61. The van der Waals surface area contributed by atoms with Gasteiger partial charge in [0.2, 0.25) is 0 Å². The van der Waals surface area contributed by atoms with Gasteiger partial charge in [-0.3, -0.25) is 14.4 Å². The predicted octanol–water partition coefficient (Wildman–Crippen LogP) is 2.98. The van der Waals surface area contributed by atoms with Gasteiger partial charge < -0.3 is 24.5 Å². The maximum Gasteiger partial charge on any atom is 0.296 e. The van der Waals surface area contributed by atoms with Crippen LogP contribution in [0, 0.1) is 0 Å². The SMILES string of the molecule is CCCN1C(=O)C2(C(=C(O)c3ccc(OC)cc3)C(=O)C(=O)N2CCCN(C)C)c2ccccc21. The molecule has 0 bridgehead atoms. The van der Waals surface area contributed by atoms with Crippen LogP contribution in [0.1, 0.15) is 30.9 Å². The van der Waals surface area contributed by atoms with Gasteiger partial charge in [0.1, 0.15) is 11.5 Å². The Bertz CT molecular complexity index is 1190. The van der Waals surface area contributed by atoms with Crippen molar-refractivity contribution in [1.82, 2.24) is 9.80 Å². The van der Waals surface area contributed by atoms with E-state index in [-0.39, 0.29) is 23.8 Å². The van der Waals surface area contributed by atoms with Crippen LogP contribution in [0.15, 0.2) is 54.1 Å². The number of amides is 2. The largest absolute Gasteiger partial charge is 0.507 e. The number of fused-ring (bicyclic) bond motifs is 2. The maximum absolute atomic E-state index is 14.2. The number of rotatable bonds is 8. The van der Waals surface area contributed by atoms with Gasteiger partial charge in [-0.25, -0.2) is 0 Å². The number of Topliss-reactive ketones (excluding diaryl/α,β-unsaturated/α-hetero) is 1. The number of methoxy groups -OCH3 is 1. The summed E-state index contributed by atoms with van der Waals surface area (Å²) in [5, 5.41) is 11.4. The molecule has 2 aromatic carbocycles. The van der Waals surface area contributed by atoms with Crippen LogP contribution in [0.4, 0.5) is 5.69 Å². The number of benzene rings is 2. The molecule has 1 N–H and O–H groups in total. The first-order chi connectivity index (χ1) is 16.8. The molecule has 2 amide bonds. The average molecular weight is 478 g/mol. The van der Waals surface area contributed by atoms with E-state index in [1.807, 2.05) is 38.1 Å². The Balaban J connectivity index is 1.97. The van der Waals surface area contributed by atoms with Crippen molar-refractivity contribution in [3.05, 3.63) is 65.2 Å². The van der Waals surface area contributed by atoms with E-state index in [0.717, 1.165) is 0 Å². The standard InChI is InChI=1S/C27H31N3O5/c1-5-15-29-21-10-7-6-9-20(21)27(26(29)34)22(23(31)18-11-13-19(35-4)14-12-18)24(32)25(33)30(27)17-8-16-28(2)3/h6-7,9-14,31H,5,8,15-17H2,1-4H3. The minimum atomic E-state index is -1.71. The van der Waals surface area contributed by atoms with Gasteiger partial charge in [0.15, 0.2) is 5.54 Å². The molecule has 0 aliphatic carbocycles. The van der Waals surface area contributed by atoms with E-state index in [2.05, 4.69) is 0 Å². The molecule has 1 atom stereocenters. The summed E-state index contributed by atoms with van der Waals surface area (Å²) in [5.41, 5.74) is -0.377. The second-order valence-electron chi connectivity index (χ2n) is 9.08. The number of anilines is 1. The molecule has 2 aliphatic heterocycles. The number of ketones is 1. The molecular formula is C27H31N3O5. The fraction of sp³-hybridized carbons (Fsp3) is 0.370. The van der Waals surface area contributed by atoms with Gasteiger partial charge in [-0.1, -0.05) is 25.1 Å². The Hall–Kier alpha value is -3.65. The van der Waals surface area contributed by atoms with Crippen molar-refractivity contribution >= 4 is 29.0 Å². The van der Waals surface area contributed by atoms with E-state index < -0.39 is 17.2 Å². The Morgan fingerprint density at radius 3 is 2.34 bits per heavy atom. The van der Waals surface area contributed by atoms with Crippen LogP contribution in [-0.4, -0.2) is 73.3 Å². The lowest BCUT2D eigenvalue weighted by molar-refractivity contribution is -0.143. The highest BCUT2D eigenvalue weighted by molar-refractivity contribution is 6.50. The number of aliphatic hydroxyl groups excluding tert-OH is 1. The summed E-state index contributed by atoms with van der Waals surface area (Å²) in [7, 11) is 5.38. The minimum Gasteiger partial charge on any atom is -0.507 e. The van der Waals surface area contributed by atoms with Gasteiger partial charge in [-0.2, -0.15) is 0 Å². The maximum atomic E-state index is 14.2. The molecule has 1 fully saturated rings. The van der Waals surface area contributed by atoms with Gasteiger partial charge >= 0.3 is 0 Å². The third-order valence-corrected chi connectivity index (χ3v) is 6.61. The van der Waals surface area contributed by atoms with E-state index in [1.165, 1.54) is 12.0 Å². The summed E-state index contributed by atoms with van der Waals surface area (Å²) in [5.74, 6) is -1.82. The predicted molar refractivity (Wildman–Crippen MR) is 133 cm³/mol. The van der Waals surface area contributed by atoms with Crippen LogP contribution in [-0.2, 0) is 19.9 Å². The Labute approximate surface area is 205 Å². The molecule has 8 heteroatoms. The molecule has 35 heavy (non-hydrogen) atoms. The van der Waals surface area contributed by atoms with Crippen molar-refractivity contribution < 1.29 is 24.2 Å². The lowest BCUT2D eigenvalue weighted by Crippen LogP contribution is -2.52. The first-order valence-corrected chi connectivity index (χ1v) is 11.8. The van der Waals surface area contributed by atoms with Crippen LogP contribution in [0.5, 0.6) is 5.75 Å². The van der Waals surface area contributed by atoms with E-state index in [4.69, 9.17) is 4.74 Å². The highest BCUT2D eigenvalue weighted by Gasteiger charge is 2.66. The number of carbonyl (C=O) groups is 3. The summed E-state index contributed by atoms with van der Waals surface area (Å²) in [6.45, 7) is 3.27. The molecule has 0 aromatic heterocycles. The van der Waals surface area contributed by atoms with Crippen LogP contribution < -0.4 is 9.64 Å². The number of aliphatic hydroxyl groups is 1. The Morgan fingerprint density at radius 2 is 1.71 bits per heavy atom. The van der Waals surface area contributed by atoms with Gasteiger partial charge in [0.25, 0.3) is 17.6 Å².